The van der Waals surface area contributed by atoms with Gasteiger partial charge in [-0.3, -0.25) is 14.9 Å². The minimum Gasteiger partial charge on any atom is -0.324 e. The Morgan fingerprint density at radius 1 is 1.47 bits per heavy atom. The van der Waals surface area contributed by atoms with Crippen molar-refractivity contribution in [2.75, 3.05) is 5.32 Å². The molecule has 0 aliphatic carbocycles. The lowest BCUT2D eigenvalue weighted by molar-refractivity contribution is -0.385. The number of hydrogen-bond acceptors (Lipinski definition) is 4. The predicted molar refractivity (Wildman–Crippen MR) is 74.0 cm³/mol. The number of amides is 1. The Balaban J connectivity index is 2.88. The summed E-state index contributed by atoms with van der Waals surface area (Å²) in [5.41, 5.74) is 6.74. The molecule has 19 heavy (non-hydrogen) atoms. The highest BCUT2D eigenvalue weighted by molar-refractivity contribution is 5.94. The van der Waals surface area contributed by atoms with Gasteiger partial charge >= 0.3 is 0 Å². The Morgan fingerprint density at radius 3 is 2.68 bits per heavy atom. The van der Waals surface area contributed by atoms with Gasteiger partial charge in [0.05, 0.1) is 11.0 Å². The van der Waals surface area contributed by atoms with Gasteiger partial charge in [0.1, 0.15) is 0 Å². The van der Waals surface area contributed by atoms with E-state index < -0.39 is 11.0 Å². The van der Waals surface area contributed by atoms with Crippen molar-refractivity contribution < 1.29 is 9.72 Å². The third-order valence-electron chi connectivity index (χ3n) is 2.87. The Morgan fingerprint density at radius 2 is 2.16 bits per heavy atom. The number of nitro groups is 1. The third-order valence-corrected chi connectivity index (χ3v) is 2.87. The van der Waals surface area contributed by atoms with E-state index in [1.54, 1.807) is 12.1 Å². The molecule has 6 nitrogen and oxygen atoms in total. The Labute approximate surface area is 112 Å². The van der Waals surface area contributed by atoms with Crippen molar-refractivity contribution in [1.29, 1.82) is 0 Å². The van der Waals surface area contributed by atoms with Crippen molar-refractivity contribution in [3.8, 4) is 0 Å². The van der Waals surface area contributed by atoms with E-state index in [9.17, 15) is 14.9 Å². The fourth-order valence-corrected chi connectivity index (χ4v) is 1.79. The lowest BCUT2D eigenvalue weighted by Crippen LogP contribution is -2.35. The predicted octanol–water partition coefficient (Wildman–Crippen LogP) is 2.22. The van der Waals surface area contributed by atoms with Crippen LogP contribution in [0.5, 0.6) is 0 Å². The first-order valence-electron chi connectivity index (χ1n) is 6.33. The number of nitrogens with two attached hydrogens (primary N) is 1. The summed E-state index contributed by atoms with van der Waals surface area (Å²) in [4.78, 5) is 22.2. The van der Waals surface area contributed by atoms with Crippen LogP contribution in [0.1, 0.15) is 32.3 Å². The largest absolute Gasteiger partial charge is 0.324 e. The fourth-order valence-electron chi connectivity index (χ4n) is 1.79. The molecule has 1 aromatic rings. The Hall–Kier alpha value is -1.95. The number of aryl methyl sites for hydroxylation is 1. The zero-order valence-corrected chi connectivity index (χ0v) is 11.2. The van der Waals surface area contributed by atoms with Crippen molar-refractivity contribution >= 4 is 17.3 Å². The van der Waals surface area contributed by atoms with Crippen LogP contribution in [0.15, 0.2) is 18.2 Å². The summed E-state index contributed by atoms with van der Waals surface area (Å²) in [6.07, 6.45) is 1.96. The molecule has 1 amide bonds. The Kier molecular flexibility index (Phi) is 5.44. The maximum atomic E-state index is 11.7. The first-order chi connectivity index (χ1) is 8.99. The molecule has 104 valence electrons. The second-order valence-corrected chi connectivity index (χ2v) is 4.34. The van der Waals surface area contributed by atoms with Crippen molar-refractivity contribution in [1.82, 2.24) is 0 Å². The molecule has 0 unspecified atom stereocenters. The lowest BCUT2D eigenvalue weighted by Gasteiger charge is -2.11. The van der Waals surface area contributed by atoms with E-state index in [2.05, 4.69) is 5.32 Å². The summed E-state index contributed by atoms with van der Waals surface area (Å²) in [6.45, 7) is 3.78. The van der Waals surface area contributed by atoms with Gasteiger partial charge in [-0.2, -0.15) is 0 Å². The monoisotopic (exact) mass is 265 g/mol. The van der Waals surface area contributed by atoms with Gasteiger partial charge in [0.25, 0.3) is 5.69 Å². The van der Waals surface area contributed by atoms with Crippen molar-refractivity contribution in [3.63, 3.8) is 0 Å². The molecule has 0 aromatic heterocycles. The molecule has 0 aliphatic rings. The molecule has 0 bridgehead atoms. The zero-order valence-electron chi connectivity index (χ0n) is 11.2. The maximum absolute atomic E-state index is 11.7. The van der Waals surface area contributed by atoms with Crippen LogP contribution < -0.4 is 11.1 Å². The number of benzene rings is 1. The highest BCUT2D eigenvalue weighted by atomic mass is 16.6. The smallest absolute Gasteiger partial charge is 0.274 e. The molecule has 0 spiro atoms. The van der Waals surface area contributed by atoms with Crippen LogP contribution in [-0.2, 0) is 11.2 Å². The summed E-state index contributed by atoms with van der Waals surface area (Å²) >= 11 is 0. The molecule has 6 heteroatoms. The number of carbonyl (C=O) groups is 1. The fraction of sp³-hybridized carbons (Fsp3) is 0.462. The normalized spacial score (nSPS) is 11.9. The van der Waals surface area contributed by atoms with E-state index in [1.807, 2.05) is 13.8 Å². The van der Waals surface area contributed by atoms with Crippen LogP contribution in [0.25, 0.3) is 0 Å². The summed E-state index contributed by atoms with van der Waals surface area (Å²) in [7, 11) is 0. The highest BCUT2D eigenvalue weighted by Crippen LogP contribution is 2.23. The molecular weight excluding hydrogens is 246 g/mol. The van der Waals surface area contributed by atoms with E-state index in [1.165, 1.54) is 6.07 Å². The van der Waals surface area contributed by atoms with Gasteiger partial charge in [-0.15, -0.1) is 0 Å². The van der Waals surface area contributed by atoms with Crippen LogP contribution >= 0.6 is 0 Å². The maximum Gasteiger partial charge on any atom is 0.274 e. The number of hydrogen-bond donors (Lipinski definition) is 2. The molecular formula is C13H19N3O3. The van der Waals surface area contributed by atoms with E-state index in [4.69, 9.17) is 5.73 Å². The average molecular weight is 265 g/mol. The number of rotatable bonds is 6. The Bertz CT molecular complexity index is 474. The van der Waals surface area contributed by atoms with Crippen LogP contribution in [-0.4, -0.2) is 16.9 Å². The van der Waals surface area contributed by atoms with Crippen LogP contribution in [0, 0.1) is 10.1 Å². The van der Waals surface area contributed by atoms with Gasteiger partial charge in [-0.25, -0.2) is 0 Å². The van der Waals surface area contributed by atoms with Gasteiger partial charge < -0.3 is 11.1 Å². The summed E-state index contributed by atoms with van der Waals surface area (Å²) in [5, 5.41) is 13.5. The van der Waals surface area contributed by atoms with E-state index >= 15 is 0 Å². The van der Waals surface area contributed by atoms with Crippen LogP contribution in [0.2, 0.25) is 0 Å². The first kappa shape index (κ1) is 15.1. The van der Waals surface area contributed by atoms with Gasteiger partial charge in [0.15, 0.2) is 0 Å². The van der Waals surface area contributed by atoms with Gasteiger partial charge in [-0.05, 0) is 18.9 Å². The summed E-state index contributed by atoms with van der Waals surface area (Å²) < 4.78 is 0. The number of carbonyl (C=O) groups excluding carboxylic acids is 1. The van der Waals surface area contributed by atoms with E-state index in [0.717, 1.165) is 6.42 Å². The van der Waals surface area contributed by atoms with Gasteiger partial charge in [0.2, 0.25) is 5.91 Å². The molecule has 1 aromatic carbocycles. The molecule has 0 saturated carbocycles. The number of nitro benzene ring substituents is 1. The number of nitrogens with one attached hydrogen (secondary N) is 1. The zero-order chi connectivity index (χ0) is 14.4. The molecule has 0 fully saturated rings. The summed E-state index contributed by atoms with van der Waals surface area (Å²) in [6, 6.07) is 4.09. The summed E-state index contributed by atoms with van der Waals surface area (Å²) in [5.74, 6) is -0.319. The second-order valence-electron chi connectivity index (χ2n) is 4.34. The minimum absolute atomic E-state index is 0.0179. The minimum atomic E-state index is -0.588. The standard InChI is InChI=1S/C13H19N3O3/c1-3-5-11(14)13(17)15-10-7-6-9(4-2)12(8-10)16(18)19/h6-8,11H,3-5,14H2,1-2H3,(H,15,17)/t11-/m0/s1. The quantitative estimate of drug-likeness (QED) is 0.608. The molecule has 3 N–H and O–H groups in total. The van der Waals surface area contributed by atoms with Crippen LogP contribution in [0.3, 0.4) is 0 Å². The van der Waals surface area contributed by atoms with Crippen molar-refractivity contribution in [2.24, 2.45) is 5.73 Å². The van der Waals surface area contributed by atoms with Gasteiger partial charge in [-0.1, -0.05) is 26.3 Å². The van der Waals surface area contributed by atoms with Gasteiger partial charge in [0, 0.05) is 17.3 Å². The van der Waals surface area contributed by atoms with Crippen LogP contribution in [0.4, 0.5) is 11.4 Å². The second kappa shape index (κ2) is 6.84. The van der Waals surface area contributed by atoms with Crippen molar-refractivity contribution in [3.05, 3.63) is 33.9 Å². The van der Waals surface area contributed by atoms with E-state index in [0.29, 0.717) is 24.1 Å². The van der Waals surface area contributed by atoms with E-state index in [-0.39, 0.29) is 11.6 Å². The molecule has 1 rings (SSSR count). The topological polar surface area (TPSA) is 98.3 Å². The molecule has 0 aliphatic heterocycles. The molecule has 0 heterocycles. The first-order valence-corrected chi connectivity index (χ1v) is 6.33. The SMILES string of the molecule is CCC[C@H](N)C(=O)Nc1ccc(CC)c([N+](=O)[O-])c1. The molecule has 1 atom stereocenters. The highest BCUT2D eigenvalue weighted by Gasteiger charge is 2.16. The van der Waals surface area contributed by atoms with Crippen molar-refractivity contribution in [2.45, 2.75) is 39.2 Å². The number of anilines is 1. The lowest BCUT2D eigenvalue weighted by atomic mass is 10.1. The molecule has 0 radical (unpaired) electrons. The number of nitrogens with zero attached hydrogens (tertiary/aromatic N) is 1. The average Bonchev–Trinajstić information content (AvgIpc) is 2.38. The third kappa shape index (κ3) is 4.03. The molecule has 0 saturated heterocycles.